The molecule has 0 aromatic carbocycles. The first-order chi connectivity index (χ1) is 4.47. The summed E-state index contributed by atoms with van der Waals surface area (Å²) in [7, 11) is 0. The van der Waals surface area contributed by atoms with Crippen LogP contribution in [-0.2, 0) is 0 Å². The van der Waals surface area contributed by atoms with Gasteiger partial charge in [0.15, 0.2) is 0 Å². The molecule has 0 spiro atoms. The van der Waals surface area contributed by atoms with Crippen molar-refractivity contribution >= 4 is 0 Å². The second-order valence-electron chi connectivity index (χ2n) is 2.96. The Morgan fingerprint density at radius 3 is 3.22 bits per heavy atom. The molecule has 0 aromatic heterocycles. The molecule has 0 amide bonds. The summed E-state index contributed by atoms with van der Waals surface area (Å²) in [4.78, 5) is 2.58. The first kappa shape index (κ1) is 5.69. The van der Waals surface area contributed by atoms with Crippen LogP contribution in [0.1, 0.15) is 12.8 Å². The van der Waals surface area contributed by atoms with Crippen molar-refractivity contribution in [2.45, 2.75) is 18.9 Å². The molecule has 2 saturated heterocycles. The molecular formula is C7H13N2. The van der Waals surface area contributed by atoms with E-state index < -0.39 is 0 Å². The van der Waals surface area contributed by atoms with Crippen LogP contribution in [0.15, 0.2) is 0 Å². The highest BCUT2D eigenvalue weighted by Gasteiger charge is 2.26. The molecule has 2 nitrogen and oxygen atoms in total. The van der Waals surface area contributed by atoms with E-state index in [0.717, 1.165) is 19.1 Å². The fraction of sp³-hybridized carbons (Fsp3) is 1.00. The number of piperazine rings is 1. The van der Waals surface area contributed by atoms with Crippen molar-refractivity contribution < 1.29 is 0 Å². The molecule has 51 valence electrons. The third kappa shape index (κ3) is 0.970. The first-order valence-electron chi connectivity index (χ1n) is 3.84. The number of fused-ring (bicyclic) bond motifs is 1. The third-order valence-electron chi connectivity index (χ3n) is 2.38. The van der Waals surface area contributed by atoms with Crippen LogP contribution in [-0.4, -0.2) is 37.1 Å². The van der Waals surface area contributed by atoms with Crippen molar-refractivity contribution in [1.82, 2.24) is 10.2 Å². The summed E-state index contributed by atoms with van der Waals surface area (Å²) in [5.41, 5.74) is 0. The molecule has 2 heterocycles. The van der Waals surface area contributed by atoms with Gasteiger partial charge in [-0.2, -0.15) is 0 Å². The largest absolute Gasteiger partial charge is 0.298 e. The second-order valence-corrected chi connectivity index (χ2v) is 2.96. The average molecular weight is 125 g/mol. The fourth-order valence-corrected chi connectivity index (χ4v) is 1.84. The van der Waals surface area contributed by atoms with Gasteiger partial charge in [0.05, 0.1) is 0 Å². The smallest absolute Gasteiger partial charge is 0.0290 e. The minimum Gasteiger partial charge on any atom is -0.298 e. The van der Waals surface area contributed by atoms with Gasteiger partial charge in [0.2, 0.25) is 0 Å². The Morgan fingerprint density at radius 1 is 1.33 bits per heavy atom. The predicted molar refractivity (Wildman–Crippen MR) is 36.5 cm³/mol. The van der Waals surface area contributed by atoms with E-state index in [-0.39, 0.29) is 0 Å². The second kappa shape index (κ2) is 2.27. The van der Waals surface area contributed by atoms with Gasteiger partial charge in [0.1, 0.15) is 0 Å². The Hall–Kier alpha value is -0.0800. The maximum atomic E-state index is 4.38. The molecule has 0 N–H and O–H groups in total. The van der Waals surface area contributed by atoms with E-state index in [0.29, 0.717) is 0 Å². The van der Waals surface area contributed by atoms with E-state index in [9.17, 15) is 0 Å². The lowest BCUT2D eigenvalue weighted by molar-refractivity contribution is 0.210. The summed E-state index contributed by atoms with van der Waals surface area (Å²) in [6.45, 7) is 4.75. The van der Waals surface area contributed by atoms with Crippen LogP contribution in [0.4, 0.5) is 0 Å². The van der Waals surface area contributed by atoms with Crippen LogP contribution in [0.5, 0.6) is 0 Å². The zero-order valence-corrected chi connectivity index (χ0v) is 5.71. The van der Waals surface area contributed by atoms with Crippen molar-refractivity contribution in [3.05, 3.63) is 0 Å². The summed E-state index contributed by atoms with van der Waals surface area (Å²) >= 11 is 0. The lowest BCUT2D eigenvalue weighted by Gasteiger charge is -2.28. The van der Waals surface area contributed by atoms with Crippen molar-refractivity contribution in [3.63, 3.8) is 0 Å². The van der Waals surface area contributed by atoms with Gasteiger partial charge in [-0.05, 0) is 19.4 Å². The van der Waals surface area contributed by atoms with Crippen LogP contribution >= 0.6 is 0 Å². The minimum atomic E-state index is 0.832. The molecule has 2 fully saturated rings. The number of nitrogens with zero attached hydrogens (tertiary/aromatic N) is 2. The topological polar surface area (TPSA) is 17.3 Å². The molecule has 0 unspecified atom stereocenters. The Morgan fingerprint density at radius 2 is 2.33 bits per heavy atom. The van der Waals surface area contributed by atoms with Crippen molar-refractivity contribution in [3.8, 4) is 0 Å². The highest BCUT2D eigenvalue weighted by atomic mass is 15.2. The first-order valence-corrected chi connectivity index (χ1v) is 3.84. The molecule has 9 heavy (non-hydrogen) atoms. The summed E-state index contributed by atoms with van der Waals surface area (Å²) in [5.74, 6) is 0. The Bertz CT molecular complexity index is 91.1. The SMILES string of the molecule is C1C[C@@H]2C[N]CCN2C1. The highest BCUT2D eigenvalue weighted by Crippen LogP contribution is 2.17. The van der Waals surface area contributed by atoms with Crippen molar-refractivity contribution in [2.75, 3.05) is 26.2 Å². The van der Waals surface area contributed by atoms with Gasteiger partial charge < -0.3 is 0 Å². The van der Waals surface area contributed by atoms with E-state index in [2.05, 4.69) is 10.2 Å². The maximum absolute atomic E-state index is 4.38. The number of hydrogen-bond donors (Lipinski definition) is 0. The predicted octanol–water partition coefficient (Wildman–Crippen LogP) is 0.0688. The average Bonchev–Trinajstić information content (AvgIpc) is 2.33. The van der Waals surface area contributed by atoms with Crippen LogP contribution in [0.2, 0.25) is 0 Å². The zero-order valence-electron chi connectivity index (χ0n) is 5.71. The molecule has 2 rings (SSSR count). The molecule has 0 aromatic rings. The quantitative estimate of drug-likeness (QED) is 0.448. The summed E-state index contributed by atoms with van der Waals surface area (Å²) in [5, 5.41) is 4.38. The Labute approximate surface area is 56.2 Å². The Balaban J connectivity index is 1.97. The molecule has 0 bridgehead atoms. The molecule has 0 saturated carbocycles. The normalized spacial score (nSPS) is 36.7. The van der Waals surface area contributed by atoms with Gasteiger partial charge in [0, 0.05) is 25.7 Å². The van der Waals surface area contributed by atoms with Gasteiger partial charge in [-0.15, -0.1) is 0 Å². The molecule has 2 aliphatic rings. The van der Waals surface area contributed by atoms with E-state index in [1.165, 1.54) is 25.9 Å². The highest BCUT2D eigenvalue weighted by molar-refractivity contribution is 4.84. The minimum absolute atomic E-state index is 0.832. The van der Waals surface area contributed by atoms with Gasteiger partial charge >= 0.3 is 0 Å². The zero-order chi connectivity index (χ0) is 6.10. The lowest BCUT2D eigenvalue weighted by atomic mass is 10.2. The van der Waals surface area contributed by atoms with E-state index in [1.807, 2.05) is 0 Å². The number of rotatable bonds is 0. The molecule has 1 atom stereocenters. The van der Waals surface area contributed by atoms with Crippen LogP contribution in [0, 0.1) is 0 Å². The van der Waals surface area contributed by atoms with Gasteiger partial charge in [-0.25, -0.2) is 5.32 Å². The van der Waals surface area contributed by atoms with Gasteiger partial charge in [-0.1, -0.05) is 0 Å². The summed E-state index contributed by atoms with van der Waals surface area (Å²) < 4.78 is 0. The van der Waals surface area contributed by atoms with Gasteiger partial charge in [0.25, 0.3) is 0 Å². The molecule has 1 radical (unpaired) electrons. The molecule has 0 aliphatic carbocycles. The Kier molecular flexibility index (Phi) is 1.44. The van der Waals surface area contributed by atoms with Gasteiger partial charge in [-0.3, -0.25) is 4.90 Å². The van der Waals surface area contributed by atoms with Crippen LogP contribution < -0.4 is 5.32 Å². The van der Waals surface area contributed by atoms with E-state index in [1.54, 1.807) is 0 Å². The monoisotopic (exact) mass is 125 g/mol. The van der Waals surface area contributed by atoms with E-state index in [4.69, 9.17) is 0 Å². The molecular weight excluding hydrogens is 112 g/mol. The molecule has 2 heteroatoms. The van der Waals surface area contributed by atoms with Crippen LogP contribution in [0.3, 0.4) is 0 Å². The summed E-state index contributed by atoms with van der Waals surface area (Å²) in [6.07, 6.45) is 2.80. The van der Waals surface area contributed by atoms with E-state index >= 15 is 0 Å². The standard InChI is InChI=1S/C7H13N2/c1-2-7-6-8-3-5-9(7)4-1/h7H,1-6H2/t7-/m1/s1. The maximum Gasteiger partial charge on any atom is 0.0290 e. The fourth-order valence-electron chi connectivity index (χ4n) is 1.84. The lowest BCUT2D eigenvalue weighted by Crippen LogP contribution is -2.44. The van der Waals surface area contributed by atoms with Crippen molar-refractivity contribution in [1.29, 1.82) is 0 Å². The number of hydrogen-bond acceptors (Lipinski definition) is 1. The molecule has 2 aliphatic heterocycles. The third-order valence-corrected chi connectivity index (χ3v) is 2.38. The summed E-state index contributed by atoms with van der Waals surface area (Å²) in [6, 6.07) is 0.832. The van der Waals surface area contributed by atoms with Crippen molar-refractivity contribution in [2.24, 2.45) is 0 Å². The van der Waals surface area contributed by atoms with Crippen LogP contribution in [0.25, 0.3) is 0 Å².